The summed E-state index contributed by atoms with van der Waals surface area (Å²) in [7, 11) is -4.32. The summed E-state index contributed by atoms with van der Waals surface area (Å²) in [5, 5.41) is 9.29. The van der Waals surface area contributed by atoms with Gasteiger partial charge in [0, 0.05) is 17.5 Å². The van der Waals surface area contributed by atoms with E-state index >= 15 is 0 Å². The molecule has 37 heavy (non-hydrogen) atoms. The van der Waals surface area contributed by atoms with Crippen molar-refractivity contribution < 1.29 is 35.9 Å². The quantitative estimate of drug-likeness (QED) is 0.293. The number of hydrogen-bond donors (Lipinski definition) is 1. The molecule has 0 unspecified atom stereocenters. The average molecular weight is 534 g/mol. The first-order valence-corrected chi connectivity index (χ1v) is 12.6. The number of hydrogen-bond acceptors (Lipinski definition) is 3. The Morgan fingerprint density at radius 2 is 1.62 bits per heavy atom. The maximum Gasteiger partial charge on any atom is 0.416 e. The van der Waals surface area contributed by atoms with Crippen LogP contribution in [0.5, 0.6) is 0 Å². The Morgan fingerprint density at radius 1 is 0.919 bits per heavy atom. The molecule has 1 heterocycles. The molecule has 1 aromatic heterocycles. The van der Waals surface area contributed by atoms with Gasteiger partial charge in [0.15, 0.2) is 0 Å². The molecule has 0 fully saturated rings. The van der Waals surface area contributed by atoms with Crippen molar-refractivity contribution >= 4 is 26.9 Å². The van der Waals surface area contributed by atoms with Gasteiger partial charge < -0.3 is 5.11 Å². The van der Waals surface area contributed by atoms with E-state index in [1.165, 1.54) is 24.3 Å². The average Bonchev–Trinajstić information content (AvgIpc) is 3.15. The summed E-state index contributed by atoms with van der Waals surface area (Å²) < 4.78 is 83.0. The van der Waals surface area contributed by atoms with E-state index in [0.29, 0.717) is 0 Å². The molecule has 0 aliphatic heterocycles. The second kappa shape index (κ2) is 9.02. The highest BCUT2D eigenvalue weighted by Crippen LogP contribution is 2.35. The van der Waals surface area contributed by atoms with Gasteiger partial charge in [-0.1, -0.05) is 32.9 Å². The lowest BCUT2D eigenvalue weighted by Crippen LogP contribution is -2.18. The van der Waals surface area contributed by atoms with Crippen LogP contribution in [-0.2, 0) is 28.0 Å². The molecular formula is C27H23F4NO4S. The molecule has 5 nitrogen and oxygen atoms in total. The Morgan fingerprint density at radius 3 is 2.24 bits per heavy atom. The van der Waals surface area contributed by atoms with Crippen LogP contribution in [0.3, 0.4) is 0 Å². The van der Waals surface area contributed by atoms with E-state index in [-0.39, 0.29) is 44.5 Å². The molecule has 3 aromatic carbocycles. The maximum absolute atomic E-state index is 14.1. The number of aromatic nitrogens is 1. The molecule has 4 aromatic rings. The first-order valence-electron chi connectivity index (χ1n) is 11.2. The van der Waals surface area contributed by atoms with Crippen LogP contribution in [0.1, 0.15) is 53.5 Å². The first kappa shape index (κ1) is 26.4. The molecule has 0 aliphatic rings. The van der Waals surface area contributed by atoms with Gasteiger partial charge in [0.2, 0.25) is 0 Å². The van der Waals surface area contributed by atoms with Gasteiger partial charge in [-0.15, -0.1) is 0 Å². The van der Waals surface area contributed by atoms with E-state index in [1.54, 1.807) is 12.1 Å². The van der Waals surface area contributed by atoms with Crippen molar-refractivity contribution in [2.45, 2.75) is 43.7 Å². The molecule has 0 saturated carbocycles. The number of carboxylic acids is 1. The Labute approximate surface area is 211 Å². The van der Waals surface area contributed by atoms with E-state index in [2.05, 4.69) is 0 Å². The number of benzene rings is 3. The van der Waals surface area contributed by atoms with Gasteiger partial charge in [0.25, 0.3) is 10.0 Å². The van der Waals surface area contributed by atoms with Crippen LogP contribution in [0.25, 0.3) is 10.9 Å². The zero-order valence-corrected chi connectivity index (χ0v) is 20.9. The minimum Gasteiger partial charge on any atom is -0.478 e. The van der Waals surface area contributed by atoms with E-state index in [1.807, 2.05) is 20.8 Å². The number of carboxylic acid groups (broad SMARTS) is 1. The van der Waals surface area contributed by atoms with Gasteiger partial charge in [0.1, 0.15) is 5.82 Å². The van der Waals surface area contributed by atoms with E-state index in [0.717, 1.165) is 39.9 Å². The smallest absolute Gasteiger partial charge is 0.416 e. The Kier molecular flexibility index (Phi) is 6.44. The number of nitrogens with zero attached hydrogens (tertiary/aromatic N) is 1. The number of fused-ring (bicyclic) bond motifs is 1. The lowest BCUT2D eigenvalue weighted by atomic mass is 9.87. The van der Waals surface area contributed by atoms with Crippen LogP contribution in [0.4, 0.5) is 17.6 Å². The van der Waals surface area contributed by atoms with E-state index in [4.69, 9.17) is 0 Å². The molecule has 194 valence electrons. The van der Waals surface area contributed by atoms with Gasteiger partial charge in [-0.25, -0.2) is 21.6 Å². The molecule has 0 saturated heterocycles. The van der Waals surface area contributed by atoms with Crippen LogP contribution in [-0.4, -0.2) is 23.5 Å². The van der Waals surface area contributed by atoms with E-state index in [9.17, 15) is 35.9 Å². The third-order valence-electron chi connectivity index (χ3n) is 5.98. The van der Waals surface area contributed by atoms with Gasteiger partial charge in [-0.2, -0.15) is 13.2 Å². The lowest BCUT2D eigenvalue weighted by Gasteiger charge is -2.20. The van der Waals surface area contributed by atoms with Crippen molar-refractivity contribution in [2.24, 2.45) is 0 Å². The van der Waals surface area contributed by atoms with Gasteiger partial charge in [-0.3, -0.25) is 0 Å². The monoisotopic (exact) mass is 533 g/mol. The number of rotatable bonds is 5. The fourth-order valence-corrected chi connectivity index (χ4v) is 5.73. The normalized spacial score (nSPS) is 12.7. The summed E-state index contributed by atoms with van der Waals surface area (Å²) in [6.07, 6.45) is -4.89. The third-order valence-corrected chi connectivity index (χ3v) is 7.75. The summed E-state index contributed by atoms with van der Waals surface area (Å²) in [5.74, 6) is -2.21. The molecule has 0 atom stereocenters. The molecule has 0 spiro atoms. The summed E-state index contributed by atoms with van der Waals surface area (Å²) in [5.41, 5.74) is -0.703. The van der Waals surface area contributed by atoms with Gasteiger partial charge in [0.05, 0.1) is 21.5 Å². The standard InChI is InChI=1S/C27H23F4NO4S/c1-26(2,3)19-5-4-6-23(15-19)37(35,36)32-22(11-16-9-18(25(33)34)13-21(28)10-16)14-17-12-20(27(29,30)31)7-8-24(17)32/h4-10,12-15H,11H2,1-3H3,(H,33,34). The Bertz CT molecular complexity index is 1630. The molecule has 0 amide bonds. The zero-order chi connectivity index (χ0) is 27.3. The number of carbonyl (C=O) groups is 1. The largest absolute Gasteiger partial charge is 0.478 e. The molecule has 4 rings (SSSR count). The Hall–Kier alpha value is -3.66. The second-order valence-corrected chi connectivity index (χ2v) is 11.6. The molecule has 1 N–H and O–H groups in total. The van der Waals surface area contributed by atoms with Crippen LogP contribution < -0.4 is 0 Å². The van der Waals surface area contributed by atoms with Crippen LogP contribution >= 0.6 is 0 Å². The minimum absolute atomic E-state index is 0.0130. The number of halogens is 4. The zero-order valence-electron chi connectivity index (χ0n) is 20.1. The highest BCUT2D eigenvalue weighted by Gasteiger charge is 2.32. The third kappa shape index (κ3) is 5.24. The number of aromatic carboxylic acids is 1. The van der Waals surface area contributed by atoms with Crippen molar-refractivity contribution in [3.63, 3.8) is 0 Å². The Balaban J connectivity index is 1.96. The first-order chi connectivity index (χ1) is 17.1. The van der Waals surface area contributed by atoms with Crippen molar-refractivity contribution in [3.8, 4) is 0 Å². The summed E-state index contributed by atoms with van der Waals surface area (Å²) >= 11 is 0. The lowest BCUT2D eigenvalue weighted by molar-refractivity contribution is -0.137. The molecule has 10 heteroatoms. The summed E-state index contributed by atoms with van der Waals surface area (Å²) in [6.45, 7) is 5.74. The molecular weight excluding hydrogens is 510 g/mol. The predicted octanol–water partition coefficient (Wildman–Crippen LogP) is 6.62. The second-order valence-electron chi connectivity index (χ2n) is 9.78. The fraction of sp³-hybridized carbons (Fsp3) is 0.222. The van der Waals surface area contributed by atoms with Crippen LogP contribution in [0.15, 0.2) is 71.6 Å². The van der Waals surface area contributed by atoms with E-state index < -0.39 is 33.5 Å². The van der Waals surface area contributed by atoms with Crippen molar-refractivity contribution in [3.05, 3.63) is 100 Å². The summed E-state index contributed by atoms with van der Waals surface area (Å²) in [6, 6.07) is 13.4. The molecule has 0 bridgehead atoms. The molecule has 0 radical (unpaired) electrons. The summed E-state index contributed by atoms with van der Waals surface area (Å²) in [4.78, 5) is 11.3. The highest BCUT2D eigenvalue weighted by molar-refractivity contribution is 7.90. The van der Waals surface area contributed by atoms with Crippen LogP contribution in [0.2, 0.25) is 0 Å². The maximum atomic E-state index is 14.1. The SMILES string of the molecule is CC(C)(C)c1cccc(S(=O)(=O)n2c(Cc3cc(F)cc(C(=O)O)c3)cc3cc(C(F)(F)F)ccc32)c1. The fourth-order valence-electron chi connectivity index (χ4n) is 4.14. The van der Waals surface area contributed by atoms with Crippen molar-refractivity contribution in [2.75, 3.05) is 0 Å². The highest BCUT2D eigenvalue weighted by atomic mass is 32.2. The van der Waals surface area contributed by atoms with Crippen LogP contribution in [0, 0.1) is 5.82 Å². The topological polar surface area (TPSA) is 76.4 Å². The van der Waals surface area contributed by atoms with Crippen molar-refractivity contribution in [1.29, 1.82) is 0 Å². The predicted molar refractivity (Wildman–Crippen MR) is 131 cm³/mol. The van der Waals surface area contributed by atoms with Crippen molar-refractivity contribution in [1.82, 2.24) is 3.97 Å². The number of alkyl halides is 3. The molecule has 0 aliphatic carbocycles. The van der Waals surface area contributed by atoms with Gasteiger partial charge in [-0.05, 0) is 71.1 Å². The minimum atomic E-state index is -4.64. The van der Waals surface area contributed by atoms with Gasteiger partial charge >= 0.3 is 12.1 Å².